The summed E-state index contributed by atoms with van der Waals surface area (Å²) in [6.45, 7) is 2.34. The van der Waals surface area contributed by atoms with Crippen LogP contribution in [0.4, 0.5) is 4.79 Å². The van der Waals surface area contributed by atoms with Gasteiger partial charge in [-0.3, -0.25) is 14.9 Å². The van der Waals surface area contributed by atoms with Gasteiger partial charge in [0.05, 0.1) is 11.0 Å². The van der Waals surface area contributed by atoms with Gasteiger partial charge in [-0.1, -0.05) is 6.07 Å². The van der Waals surface area contributed by atoms with Crippen molar-refractivity contribution in [1.29, 1.82) is 0 Å². The van der Waals surface area contributed by atoms with E-state index in [9.17, 15) is 14.4 Å². The van der Waals surface area contributed by atoms with Crippen LogP contribution in [0.25, 0.3) is 11.0 Å². The number of urea groups is 1. The number of imide groups is 1. The molecular weight excluding hydrogens is 310 g/mol. The molecule has 1 aromatic carbocycles. The first-order valence-corrected chi connectivity index (χ1v) is 7.74. The standard InChI is InChI=1S/C16H19N5O3/c1-9-18-12-7-10(3-5-13(12)21(9)2)8-17-14(22)6-4-11-15(23)20-16(24)19-11/h3,5,7,11H,4,6,8H2,1-2H3,(H,17,22)(H2,19,20,23,24)/t11-/m0/s1. The summed E-state index contributed by atoms with van der Waals surface area (Å²) < 4.78 is 2.01. The number of fused-ring (bicyclic) bond motifs is 1. The van der Waals surface area contributed by atoms with Gasteiger partial charge in [-0.15, -0.1) is 0 Å². The van der Waals surface area contributed by atoms with E-state index >= 15 is 0 Å². The highest BCUT2D eigenvalue weighted by atomic mass is 16.2. The molecule has 8 nitrogen and oxygen atoms in total. The Hall–Kier alpha value is -2.90. The third kappa shape index (κ3) is 3.22. The minimum Gasteiger partial charge on any atom is -0.352 e. The Balaban J connectivity index is 1.52. The van der Waals surface area contributed by atoms with E-state index in [-0.39, 0.29) is 24.7 Å². The summed E-state index contributed by atoms with van der Waals surface area (Å²) in [5.41, 5.74) is 2.90. The van der Waals surface area contributed by atoms with E-state index in [1.165, 1.54) is 0 Å². The maximum atomic E-state index is 11.9. The number of carbonyl (C=O) groups is 3. The average Bonchev–Trinajstić information content (AvgIpc) is 3.01. The molecule has 0 unspecified atom stereocenters. The summed E-state index contributed by atoms with van der Waals surface area (Å²) in [4.78, 5) is 38.8. The predicted octanol–water partition coefficient (Wildman–Crippen LogP) is 0.486. The number of hydrogen-bond donors (Lipinski definition) is 3. The molecule has 3 rings (SSSR count). The van der Waals surface area contributed by atoms with Crippen LogP contribution in [0.5, 0.6) is 0 Å². The lowest BCUT2D eigenvalue weighted by Gasteiger charge is -2.08. The molecule has 0 spiro atoms. The maximum Gasteiger partial charge on any atom is 0.322 e. The Morgan fingerprint density at radius 1 is 1.38 bits per heavy atom. The Morgan fingerprint density at radius 3 is 2.88 bits per heavy atom. The number of nitrogens with one attached hydrogen (secondary N) is 3. The number of hydrogen-bond acceptors (Lipinski definition) is 4. The number of aromatic nitrogens is 2. The Kier molecular flexibility index (Phi) is 4.20. The number of amides is 4. The second kappa shape index (κ2) is 6.31. The van der Waals surface area contributed by atoms with E-state index in [2.05, 4.69) is 20.9 Å². The molecule has 1 aliphatic heterocycles. The lowest BCUT2D eigenvalue weighted by Crippen LogP contribution is -2.31. The van der Waals surface area contributed by atoms with Gasteiger partial charge in [0.2, 0.25) is 5.91 Å². The van der Waals surface area contributed by atoms with E-state index in [0.29, 0.717) is 6.54 Å². The zero-order chi connectivity index (χ0) is 17.3. The molecule has 4 amide bonds. The SMILES string of the molecule is Cc1nc2cc(CNC(=O)CC[C@@H]3NC(=O)NC3=O)ccc2n1C. The molecule has 1 aromatic heterocycles. The van der Waals surface area contributed by atoms with Crippen molar-refractivity contribution in [2.24, 2.45) is 7.05 Å². The summed E-state index contributed by atoms with van der Waals surface area (Å²) in [6, 6.07) is 4.75. The number of aryl methyl sites for hydroxylation is 2. The van der Waals surface area contributed by atoms with Crippen LogP contribution in [0.3, 0.4) is 0 Å². The van der Waals surface area contributed by atoms with Crippen LogP contribution in [0.15, 0.2) is 18.2 Å². The van der Waals surface area contributed by atoms with Gasteiger partial charge in [-0.2, -0.15) is 0 Å². The number of benzene rings is 1. The first-order valence-electron chi connectivity index (χ1n) is 7.74. The van der Waals surface area contributed by atoms with Gasteiger partial charge in [-0.25, -0.2) is 9.78 Å². The molecule has 3 N–H and O–H groups in total. The molecule has 0 radical (unpaired) electrons. The molecule has 1 fully saturated rings. The fourth-order valence-electron chi connectivity index (χ4n) is 2.70. The summed E-state index contributed by atoms with van der Waals surface area (Å²) in [5.74, 6) is 0.382. The van der Waals surface area contributed by atoms with E-state index in [0.717, 1.165) is 22.4 Å². The van der Waals surface area contributed by atoms with E-state index in [4.69, 9.17) is 0 Å². The second-order valence-corrected chi connectivity index (χ2v) is 5.87. The third-order valence-electron chi connectivity index (χ3n) is 4.18. The van der Waals surface area contributed by atoms with E-state index < -0.39 is 12.1 Å². The highest BCUT2D eigenvalue weighted by Gasteiger charge is 2.29. The molecule has 126 valence electrons. The van der Waals surface area contributed by atoms with Crippen molar-refractivity contribution in [2.45, 2.75) is 32.4 Å². The second-order valence-electron chi connectivity index (χ2n) is 5.87. The van der Waals surface area contributed by atoms with Gasteiger partial charge in [0, 0.05) is 20.0 Å². The summed E-state index contributed by atoms with van der Waals surface area (Å²) in [6.07, 6.45) is 0.450. The first-order chi connectivity index (χ1) is 11.4. The van der Waals surface area contributed by atoms with Crippen molar-refractivity contribution in [1.82, 2.24) is 25.5 Å². The predicted molar refractivity (Wildman–Crippen MR) is 87.0 cm³/mol. The minimum absolute atomic E-state index is 0.166. The van der Waals surface area contributed by atoms with Crippen LogP contribution < -0.4 is 16.0 Å². The van der Waals surface area contributed by atoms with Gasteiger partial charge in [-0.05, 0) is 31.0 Å². The molecular formula is C16H19N5O3. The highest BCUT2D eigenvalue weighted by Crippen LogP contribution is 2.16. The molecule has 24 heavy (non-hydrogen) atoms. The van der Waals surface area contributed by atoms with Crippen molar-refractivity contribution in [3.05, 3.63) is 29.6 Å². The molecule has 0 aliphatic carbocycles. The van der Waals surface area contributed by atoms with E-state index in [1.807, 2.05) is 36.7 Å². The lowest BCUT2D eigenvalue weighted by molar-refractivity contribution is -0.122. The van der Waals surface area contributed by atoms with E-state index in [1.54, 1.807) is 0 Å². The van der Waals surface area contributed by atoms with Crippen molar-refractivity contribution in [3.63, 3.8) is 0 Å². The van der Waals surface area contributed by atoms with Crippen molar-refractivity contribution in [3.8, 4) is 0 Å². The number of imidazole rings is 1. The van der Waals surface area contributed by atoms with Crippen molar-refractivity contribution in [2.75, 3.05) is 0 Å². The molecule has 2 heterocycles. The summed E-state index contributed by atoms with van der Waals surface area (Å²) in [5, 5.41) is 7.43. The zero-order valence-corrected chi connectivity index (χ0v) is 13.5. The van der Waals surface area contributed by atoms with Crippen LogP contribution in [0.1, 0.15) is 24.2 Å². The molecule has 0 bridgehead atoms. The van der Waals surface area contributed by atoms with Crippen LogP contribution in [-0.4, -0.2) is 33.4 Å². The van der Waals surface area contributed by atoms with Gasteiger partial charge in [0.25, 0.3) is 5.91 Å². The normalized spacial score (nSPS) is 17.0. The summed E-state index contributed by atoms with van der Waals surface area (Å²) >= 11 is 0. The topological polar surface area (TPSA) is 105 Å². The van der Waals surface area contributed by atoms with Crippen LogP contribution in [0, 0.1) is 6.92 Å². The van der Waals surface area contributed by atoms with Crippen LogP contribution in [0.2, 0.25) is 0 Å². The quantitative estimate of drug-likeness (QED) is 0.694. The Bertz CT molecular complexity index is 826. The number of nitrogens with zero attached hydrogens (tertiary/aromatic N) is 2. The molecule has 1 atom stereocenters. The highest BCUT2D eigenvalue weighted by molar-refractivity contribution is 6.04. The molecule has 0 saturated carbocycles. The van der Waals surface area contributed by atoms with Gasteiger partial charge in [0.15, 0.2) is 0 Å². The van der Waals surface area contributed by atoms with Crippen molar-refractivity contribution >= 4 is 28.9 Å². The minimum atomic E-state index is -0.629. The average molecular weight is 329 g/mol. The fourth-order valence-corrected chi connectivity index (χ4v) is 2.70. The maximum absolute atomic E-state index is 11.9. The monoisotopic (exact) mass is 329 g/mol. The van der Waals surface area contributed by atoms with Gasteiger partial charge < -0.3 is 15.2 Å². The third-order valence-corrected chi connectivity index (χ3v) is 4.18. The smallest absolute Gasteiger partial charge is 0.322 e. The Labute approximate surface area is 138 Å². The summed E-state index contributed by atoms with van der Waals surface area (Å²) in [7, 11) is 1.96. The fraction of sp³-hybridized carbons (Fsp3) is 0.375. The number of rotatable bonds is 5. The number of carbonyl (C=O) groups excluding carboxylic acids is 3. The van der Waals surface area contributed by atoms with Crippen LogP contribution >= 0.6 is 0 Å². The van der Waals surface area contributed by atoms with Gasteiger partial charge >= 0.3 is 6.03 Å². The first kappa shape index (κ1) is 16.0. The molecule has 2 aromatic rings. The zero-order valence-electron chi connectivity index (χ0n) is 13.5. The largest absolute Gasteiger partial charge is 0.352 e. The van der Waals surface area contributed by atoms with Crippen LogP contribution in [-0.2, 0) is 23.2 Å². The van der Waals surface area contributed by atoms with Gasteiger partial charge in [0.1, 0.15) is 11.9 Å². The Morgan fingerprint density at radius 2 is 2.17 bits per heavy atom. The molecule has 1 aliphatic rings. The molecule has 8 heteroatoms. The lowest BCUT2D eigenvalue weighted by atomic mass is 10.1. The van der Waals surface area contributed by atoms with Crippen molar-refractivity contribution < 1.29 is 14.4 Å². The molecule has 1 saturated heterocycles.